The first-order valence-electron chi connectivity index (χ1n) is 3.22. The SMILES string of the molecule is CPCCC(=O)OCCO. The van der Waals surface area contributed by atoms with Crippen LogP contribution in [0, 0.1) is 0 Å². The lowest BCUT2D eigenvalue weighted by Gasteiger charge is -2.00. The van der Waals surface area contributed by atoms with E-state index in [4.69, 9.17) is 5.11 Å². The molecule has 1 N–H and O–H groups in total. The van der Waals surface area contributed by atoms with Gasteiger partial charge >= 0.3 is 5.97 Å². The van der Waals surface area contributed by atoms with Gasteiger partial charge in [-0.3, -0.25) is 4.79 Å². The van der Waals surface area contributed by atoms with Gasteiger partial charge in [0.1, 0.15) is 6.61 Å². The molecule has 0 aliphatic rings. The van der Waals surface area contributed by atoms with Gasteiger partial charge in [0.05, 0.1) is 6.61 Å². The zero-order valence-corrected chi connectivity index (χ0v) is 7.09. The molecule has 0 saturated heterocycles. The monoisotopic (exact) mass is 164 g/mol. The van der Waals surface area contributed by atoms with Crippen LogP contribution in [0.1, 0.15) is 6.42 Å². The molecule has 1 atom stereocenters. The van der Waals surface area contributed by atoms with E-state index in [9.17, 15) is 4.79 Å². The second kappa shape index (κ2) is 6.97. The van der Waals surface area contributed by atoms with Crippen LogP contribution in [0.25, 0.3) is 0 Å². The third-order valence-electron chi connectivity index (χ3n) is 0.933. The van der Waals surface area contributed by atoms with Crippen LogP contribution in [-0.4, -0.2) is 37.1 Å². The van der Waals surface area contributed by atoms with Crippen LogP contribution < -0.4 is 0 Å². The highest BCUT2D eigenvalue weighted by Crippen LogP contribution is 2.03. The quantitative estimate of drug-likeness (QED) is 0.467. The van der Waals surface area contributed by atoms with E-state index in [0.29, 0.717) is 6.42 Å². The molecule has 4 heteroatoms. The number of rotatable bonds is 5. The number of aliphatic hydroxyl groups excluding tert-OH is 1. The summed E-state index contributed by atoms with van der Waals surface area (Å²) in [4.78, 5) is 10.6. The Hall–Kier alpha value is -0.140. The molecule has 3 nitrogen and oxygen atoms in total. The van der Waals surface area contributed by atoms with Crippen LogP contribution in [0.15, 0.2) is 0 Å². The van der Waals surface area contributed by atoms with Crippen molar-refractivity contribution in [3.63, 3.8) is 0 Å². The number of aliphatic hydroxyl groups is 1. The molecule has 1 unspecified atom stereocenters. The van der Waals surface area contributed by atoms with Gasteiger partial charge in [0.2, 0.25) is 0 Å². The summed E-state index contributed by atoms with van der Waals surface area (Å²) in [5.41, 5.74) is 0. The van der Waals surface area contributed by atoms with Gasteiger partial charge in [-0.2, -0.15) is 0 Å². The van der Waals surface area contributed by atoms with Crippen LogP contribution in [0.4, 0.5) is 0 Å². The fourth-order valence-corrected chi connectivity index (χ4v) is 0.913. The summed E-state index contributed by atoms with van der Waals surface area (Å²) < 4.78 is 4.61. The van der Waals surface area contributed by atoms with Gasteiger partial charge in [0.25, 0.3) is 0 Å². The zero-order chi connectivity index (χ0) is 7.82. The molecule has 0 radical (unpaired) electrons. The van der Waals surface area contributed by atoms with E-state index >= 15 is 0 Å². The van der Waals surface area contributed by atoms with Crippen molar-refractivity contribution in [3.05, 3.63) is 0 Å². The summed E-state index contributed by atoms with van der Waals surface area (Å²) >= 11 is 0. The van der Waals surface area contributed by atoms with Crippen LogP contribution in [0.3, 0.4) is 0 Å². The van der Waals surface area contributed by atoms with E-state index in [1.807, 2.05) is 6.66 Å². The molecule has 0 amide bonds. The molecule has 0 rings (SSSR count). The van der Waals surface area contributed by atoms with Crippen LogP contribution in [-0.2, 0) is 9.53 Å². The highest BCUT2D eigenvalue weighted by Gasteiger charge is 1.99. The molecule has 0 fully saturated rings. The molecule has 0 aromatic heterocycles. The van der Waals surface area contributed by atoms with E-state index in [-0.39, 0.29) is 19.2 Å². The van der Waals surface area contributed by atoms with Gasteiger partial charge < -0.3 is 9.84 Å². The fourth-order valence-electron chi connectivity index (χ4n) is 0.459. The molecule has 0 bridgehead atoms. The Morgan fingerprint density at radius 1 is 1.70 bits per heavy atom. The summed E-state index contributed by atoms with van der Waals surface area (Å²) in [6.07, 6.45) is 1.37. The van der Waals surface area contributed by atoms with E-state index in [1.54, 1.807) is 0 Å². The predicted molar refractivity (Wildman–Crippen MR) is 41.8 cm³/mol. The molecule has 0 aromatic carbocycles. The molecule has 0 heterocycles. The van der Waals surface area contributed by atoms with E-state index in [1.165, 1.54) is 0 Å². The maximum atomic E-state index is 10.6. The maximum Gasteiger partial charge on any atom is 0.306 e. The Morgan fingerprint density at radius 3 is 2.90 bits per heavy atom. The Bertz CT molecular complexity index is 85.0. The van der Waals surface area contributed by atoms with Crippen molar-refractivity contribution in [2.45, 2.75) is 6.42 Å². The number of ether oxygens (including phenoxy) is 1. The van der Waals surface area contributed by atoms with Crippen molar-refractivity contribution in [3.8, 4) is 0 Å². The minimum absolute atomic E-state index is 0.0832. The van der Waals surface area contributed by atoms with Crippen molar-refractivity contribution in [1.29, 1.82) is 0 Å². The minimum Gasteiger partial charge on any atom is -0.463 e. The lowest BCUT2D eigenvalue weighted by Crippen LogP contribution is -2.08. The molecule has 10 heavy (non-hydrogen) atoms. The first-order chi connectivity index (χ1) is 4.81. The Labute approximate surface area is 62.5 Å². The smallest absolute Gasteiger partial charge is 0.306 e. The van der Waals surface area contributed by atoms with Crippen molar-refractivity contribution >= 4 is 14.6 Å². The van der Waals surface area contributed by atoms with Gasteiger partial charge in [-0.1, -0.05) is 0 Å². The van der Waals surface area contributed by atoms with E-state index in [2.05, 4.69) is 4.74 Å². The highest BCUT2D eigenvalue weighted by molar-refractivity contribution is 7.37. The van der Waals surface area contributed by atoms with Crippen molar-refractivity contribution in [2.24, 2.45) is 0 Å². The maximum absolute atomic E-state index is 10.6. The molecule has 0 aromatic rings. The zero-order valence-electron chi connectivity index (χ0n) is 6.09. The largest absolute Gasteiger partial charge is 0.463 e. The molecule has 0 saturated carbocycles. The summed E-state index contributed by atoms with van der Waals surface area (Å²) in [7, 11) is 0.792. The number of hydrogen-bond donors (Lipinski definition) is 1. The number of esters is 1. The van der Waals surface area contributed by atoms with Gasteiger partial charge in [0, 0.05) is 6.42 Å². The van der Waals surface area contributed by atoms with E-state index < -0.39 is 0 Å². The van der Waals surface area contributed by atoms with Crippen molar-refractivity contribution in [1.82, 2.24) is 0 Å². The topological polar surface area (TPSA) is 46.5 Å². The Morgan fingerprint density at radius 2 is 2.40 bits per heavy atom. The average Bonchev–Trinajstić information content (AvgIpc) is 1.97. The van der Waals surface area contributed by atoms with Gasteiger partial charge in [-0.05, 0) is 12.8 Å². The summed E-state index contributed by atoms with van der Waals surface area (Å²) in [5.74, 6) is -0.205. The third-order valence-corrected chi connectivity index (χ3v) is 1.68. The van der Waals surface area contributed by atoms with Crippen molar-refractivity contribution < 1.29 is 14.6 Å². The molecule has 0 aliphatic carbocycles. The molecular formula is C6H13O3P. The summed E-state index contributed by atoms with van der Waals surface area (Å²) in [5, 5.41) is 8.27. The predicted octanol–water partition coefficient (Wildman–Crippen LogP) is 0.220. The normalized spacial score (nSPS) is 10.6. The lowest BCUT2D eigenvalue weighted by molar-refractivity contribution is -0.144. The highest BCUT2D eigenvalue weighted by atomic mass is 31.1. The van der Waals surface area contributed by atoms with Gasteiger partial charge in [0.15, 0.2) is 0 Å². The van der Waals surface area contributed by atoms with Crippen molar-refractivity contribution in [2.75, 3.05) is 26.0 Å². The summed E-state index contributed by atoms with van der Waals surface area (Å²) in [6.45, 7) is 2.09. The van der Waals surface area contributed by atoms with Crippen LogP contribution >= 0.6 is 8.58 Å². The first-order valence-corrected chi connectivity index (χ1v) is 4.93. The molecule has 0 aliphatic heterocycles. The number of carbonyl (C=O) groups excluding carboxylic acids is 1. The van der Waals surface area contributed by atoms with E-state index in [0.717, 1.165) is 14.7 Å². The lowest BCUT2D eigenvalue weighted by atomic mass is 10.5. The third kappa shape index (κ3) is 5.99. The first kappa shape index (κ1) is 9.86. The summed E-state index contributed by atoms with van der Waals surface area (Å²) in [6, 6.07) is 0. The van der Waals surface area contributed by atoms with Crippen LogP contribution in [0.2, 0.25) is 0 Å². The molecular weight excluding hydrogens is 151 g/mol. The Kier molecular flexibility index (Phi) is 6.88. The second-order valence-electron chi connectivity index (χ2n) is 1.80. The Balaban J connectivity index is 3.09. The standard InChI is InChI=1S/C6H13O3P/c1-10-5-2-6(8)9-4-3-7/h7,10H,2-5H2,1H3. The van der Waals surface area contributed by atoms with Gasteiger partial charge in [-0.25, -0.2) is 0 Å². The minimum atomic E-state index is -0.205. The fraction of sp³-hybridized carbons (Fsp3) is 0.833. The second-order valence-corrected chi connectivity index (χ2v) is 3.00. The molecule has 0 spiro atoms. The van der Waals surface area contributed by atoms with Crippen LogP contribution in [0.5, 0.6) is 0 Å². The van der Waals surface area contributed by atoms with Gasteiger partial charge in [-0.15, -0.1) is 8.58 Å². The average molecular weight is 164 g/mol. The molecule has 60 valence electrons. The number of carbonyl (C=O) groups is 1. The number of hydrogen-bond acceptors (Lipinski definition) is 3.